The first-order chi connectivity index (χ1) is 8.56. The second-order valence-electron chi connectivity index (χ2n) is 4.74. The Labute approximate surface area is 108 Å². The minimum Gasteiger partial charge on any atom is -0.373 e. The molecule has 0 saturated heterocycles. The zero-order valence-corrected chi connectivity index (χ0v) is 11.3. The molecule has 0 aliphatic carbocycles. The molecule has 0 spiro atoms. The van der Waals surface area contributed by atoms with E-state index in [0.29, 0.717) is 12.5 Å². The van der Waals surface area contributed by atoms with Gasteiger partial charge in [-0.1, -0.05) is 39.3 Å². The lowest BCUT2D eigenvalue weighted by atomic mass is 9.98. The fraction of sp³-hybridized carbons (Fsp3) is 0.571. The molecule has 1 atom stereocenters. The predicted octanol–water partition coefficient (Wildman–Crippen LogP) is 4.11. The molecule has 4 heteroatoms. The van der Waals surface area contributed by atoms with E-state index in [1.807, 2.05) is 6.07 Å². The van der Waals surface area contributed by atoms with E-state index >= 15 is 0 Å². The SMILES string of the molecule is CCCCOC(c1cccc([N+](=O)[O-])c1)C(C)C. The van der Waals surface area contributed by atoms with Crippen molar-refractivity contribution in [3.63, 3.8) is 0 Å². The maximum Gasteiger partial charge on any atom is 0.269 e. The summed E-state index contributed by atoms with van der Waals surface area (Å²) >= 11 is 0. The number of benzene rings is 1. The molecule has 4 nitrogen and oxygen atoms in total. The number of hydrogen-bond acceptors (Lipinski definition) is 3. The number of unbranched alkanes of at least 4 members (excludes halogenated alkanes) is 1. The van der Waals surface area contributed by atoms with Crippen molar-refractivity contribution in [2.24, 2.45) is 5.92 Å². The van der Waals surface area contributed by atoms with Crippen molar-refractivity contribution >= 4 is 5.69 Å². The Hall–Kier alpha value is -1.42. The van der Waals surface area contributed by atoms with Gasteiger partial charge in [-0.3, -0.25) is 10.1 Å². The van der Waals surface area contributed by atoms with Gasteiger partial charge in [0, 0.05) is 18.7 Å². The Balaban J connectivity index is 2.84. The van der Waals surface area contributed by atoms with Crippen LogP contribution in [0.4, 0.5) is 5.69 Å². The molecule has 1 aromatic rings. The monoisotopic (exact) mass is 251 g/mol. The van der Waals surface area contributed by atoms with Crippen LogP contribution in [0.2, 0.25) is 0 Å². The zero-order chi connectivity index (χ0) is 13.5. The summed E-state index contributed by atoms with van der Waals surface area (Å²) in [5.41, 5.74) is 1.01. The topological polar surface area (TPSA) is 52.4 Å². The zero-order valence-electron chi connectivity index (χ0n) is 11.3. The van der Waals surface area contributed by atoms with Crippen LogP contribution in [0.1, 0.15) is 45.3 Å². The van der Waals surface area contributed by atoms with Crippen LogP contribution in [0.25, 0.3) is 0 Å². The van der Waals surface area contributed by atoms with E-state index in [-0.39, 0.29) is 16.7 Å². The fourth-order valence-corrected chi connectivity index (χ4v) is 1.84. The second-order valence-corrected chi connectivity index (χ2v) is 4.74. The Morgan fingerprint density at radius 2 is 2.11 bits per heavy atom. The second kappa shape index (κ2) is 7.11. The smallest absolute Gasteiger partial charge is 0.269 e. The number of nitro benzene ring substituents is 1. The Kier molecular flexibility index (Phi) is 5.78. The average Bonchev–Trinajstić information content (AvgIpc) is 2.34. The van der Waals surface area contributed by atoms with Gasteiger partial charge in [-0.15, -0.1) is 0 Å². The molecule has 0 aliphatic heterocycles. The molecule has 0 aliphatic rings. The van der Waals surface area contributed by atoms with Crippen LogP contribution in [0.5, 0.6) is 0 Å². The van der Waals surface area contributed by atoms with E-state index < -0.39 is 0 Å². The Bertz CT molecular complexity index is 390. The van der Waals surface area contributed by atoms with Crippen molar-refractivity contribution in [2.45, 2.75) is 39.7 Å². The largest absolute Gasteiger partial charge is 0.373 e. The van der Waals surface area contributed by atoms with Crippen LogP contribution in [-0.2, 0) is 4.74 Å². The van der Waals surface area contributed by atoms with Gasteiger partial charge in [0.05, 0.1) is 11.0 Å². The highest BCUT2D eigenvalue weighted by Gasteiger charge is 2.18. The Morgan fingerprint density at radius 3 is 2.67 bits per heavy atom. The maximum absolute atomic E-state index is 10.8. The van der Waals surface area contributed by atoms with Crippen LogP contribution < -0.4 is 0 Å². The first kappa shape index (κ1) is 14.6. The van der Waals surface area contributed by atoms with E-state index in [4.69, 9.17) is 4.74 Å². The normalized spacial score (nSPS) is 12.7. The van der Waals surface area contributed by atoms with Gasteiger partial charge in [-0.05, 0) is 17.9 Å². The van der Waals surface area contributed by atoms with Gasteiger partial charge < -0.3 is 4.74 Å². The van der Waals surface area contributed by atoms with Gasteiger partial charge in [-0.2, -0.15) is 0 Å². The molecule has 0 N–H and O–H groups in total. The first-order valence-corrected chi connectivity index (χ1v) is 6.42. The molecule has 1 unspecified atom stereocenters. The molecule has 18 heavy (non-hydrogen) atoms. The highest BCUT2D eigenvalue weighted by atomic mass is 16.6. The number of nitro groups is 1. The van der Waals surface area contributed by atoms with Crippen LogP contribution in [0, 0.1) is 16.0 Å². The third-order valence-corrected chi connectivity index (χ3v) is 2.81. The molecule has 0 amide bonds. The third-order valence-electron chi connectivity index (χ3n) is 2.81. The quantitative estimate of drug-likeness (QED) is 0.416. The number of hydrogen-bond donors (Lipinski definition) is 0. The van der Waals surface area contributed by atoms with Crippen LogP contribution >= 0.6 is 0 Å². The van der Waals surface area contributed by atoms with Crippen molar-refractivity contribution in [3.05, 3.63) is 39.9 Å². The molecular weight excluding hydrogens is 230 g/mol. The van der Waals surface area contributed by atoms with Crippen molar-refractivity contribution in [3.8, 4) is 0 Å². The van der Waals surface area contributed by atoms with Crippen molar-refractivity contribution in [1.29, 1.82) is 0 Å². The van der Waals surface area contributed by atoms with Gasteiger partial charge in [0.25, 0.3) is 5.69 Å². The Morgan fingerprint density at radius 1 is 1.39 bits per heavy atom. The summed E-state index contributed by atoms with van der Waals surface area (Å²) in [6, 6.07) is 6.72. The number of rotatable bonds is 7. The van der Waals surface area contributed by atoms with E-state index in [1.54, 1.807) is 12.1 Å². The lowest BCUT2D eigenvalue weighted by molar-refractivity contribution is -0.385. The minimum absolute atomic E-state index is 0.0727. The third kappa shape index (κ3) is 4.11. The van der Waals surface area contributed by atoms with Gasteiger partial charge in [0.2, 0.25) is 0 Å². The molecular formula is C14H21NO3. The van der Waals surface area contributed by atoms with Crippen LogP contribution in [0.15, 0.2) is 24.3 Å². The lowest BCUT2D eigenvalue weighted by Gasteiger charge is -2.21. The molecule has 0 radical (unpaired) electrons. The molecule has 0 heterocycles. The van der Waals surface area contributed by atoms with E-state index in [0.717, 1.165) is 18.4 Å². The summed E-state index contributed by atoms with van der Waals surface area (Å²) in [6.07, 6.45) is 2.02. The van der Waals surface area contributed by atoms with Crippen LogP contribution in [0.3, 0.4) is 0 Å². The number of ether oxygens (including phenoxy) is 1. The molecule has 1 rings (SSSR count). The summed E-state index contributed by atoms with van der Waals surface area (Å²) in [6.45, 7) is 6.94. The van der Waals surface area contributed by atoms with Gasteiger partial charge >= 0.3 is 0 Å². The molecule has 0 aromatic heterocycles. The average molecular weight is 251 g/mol. The maximum atomic E-state index is 10.8. The molecule has 0 saturated carbocycles. The number of nitrogens with zero attached hydrogens (tertiary/aromatic N) is 1. The molecule has 0 bridgehead atoms. The first-order valence-electron chi connectivity index (χ1n) is 6.42. The van der Waals surface area contributed by atoms with Crippen LogP contribution in [-0.4, -0.2) is 11.5 Å². The van der Waals surface area contributed by atoms with Gasteiger partial charge in [0.15, 0.2) is 0 Å². The molecule has 0 fully saturated rings. The summed E-state index contributed by atoms with van der Waals surface area (Å²) < 4.78 is 5.84. The van der Waals surface area contributed by atoms with E-state index in [2.05, 4.69) is 20.8 Å². The lowest BCUT2D eigenvalue weighted by Crippen LogP contribution is -2.12. The highest BCUT2D eigenvalue weighted by molar-refractivity contribution is 5.35. The minimum atomic E-state index is -0.368. The highest BCUT2D eigenvalue weighted by Crippen LogP contribution is 2.28. The standard InChI is InChI=1S/C14H21NO3/c1-4-5-9-18-14(11(2)3)12-7-6-8-13(10-12)15(16)17/h6-8,10-11,14H,4-5,9H2,1-3H3. The van der Waals surface area contributed by atoms with E-state index in [9.17, 15) is 10.1 Å². The van der Waals surface area contributed by atoms with Crippen molar-refractivity contribution in [1.82, 2.24) is 0 Å². The summed E-state index contributed by atoms with van der Waals surface area (Å²) in [5.74, 6) is 0.295. The van der Waals surface area contributed by atoms with Gasteiger partial charge in [-0.25, -0.2) is 0 Å². The molecule has 1 aromatic carbocycles. The fourth-order valence-electron chi connectivity index (χ4n) is 1.84. The molecule has 100 valence electrons. The van der Waals surface area contributed by atoms with Crippen molar-refractivity contribution in [2.75, 3.05) is 6.61 Å². The van der Waals surface area contributed by atoms with Gasteiger partial charge in [0.1, 0.15) is 0 Å². The summed E-state index contributed by atoms with van der Waals surface area (Å²) in [4.78, 5) is 10.4. The summed E-state index contributed by atoms with van der Waals surface area (Å²) in [7, 11) is 0. The number of non-ortho nitro benzene ring substituents is 1. The summed E-state index contributed by atoms with van der Waals surface area (Å²) in [5, 5.41) is 10.8. The van der Waals surface area contributed by atoms with E-state index in [1.165, 1.54) is 6.07 Å². The van der Waals surface area contributed by atoms with Crippen molar-refractivity contribution < 1.29 is 9.66 Å². The predicted molar refractivity (Wildman–Crippen MR) is 71.5 cm³/mol.